The minimum Gasteiger partial charge on any atom is -0.334 e. The van der Waals surface area contributed by atoms with E-state index in [0.29, 0.717) is 24.6 Å². The van der Waals surface area contributed by atoms with Gasteiger partial charge in [-0.2, -0.15) is 13.2 Å². The fourth-order valence-electron chi connectivity index (χ4n) is 3.14. The van der Waals surface area contributed by atoms with E-state index in [9.17, 15) is 18.0 Å². The van der Waals surface area contributed by atoms with Crippen molar-refractivity contribution in [3.8, 4) is 0 Å². The second-order valence-electron chi connectivity index (χ2n) is 6.66. The summed E-state index contributed by atoms with van der Waals surface area (Å²) in [5.41, 5.74) is 0.657. The fourth-order valence-corrected chi connectivity index (χ4v) is 3.14. The number of hydrogen-bond donors (Lipinski definition) is 1. The molecule has 2 aromatic heterocycles. The van der Waals surface area contributed by atoms with Crippen LogP contribution in [0.4, 0.5) is 18.0 Å². The third-order valence-corrected chi connectivity index (χ3v) is 4.68. The summed E-state index contributed by atoms with van der Waals surface area (Å²) in [5, 5.41) is 2.74. The number of carbonyl (C=O) groups is 1. The van der Waals surface area contributed by atoms with E-state index in [0.717, 1.165) is 37.2 Å². The minimum atomic E-state index is -4.46. The lowest BCUT2D eigenvalue weighted by Gasteiger charge is -2.32. The molecule has 3 rings (SSSR count). The molecule has 1 N–H and O–H groups in total. The van der Waals surface area contributed by atoms with Crippen molar-refractivity contribution in [3.05, 3.63) is 59.7 Å². The average molecular weight is 378 g/mol. The summed E-state index contributed by atoms with van der Waals surface area (Å²) < 4.78 is 37.5. The van der Waals surface area contributed by atoms with Gasteiger partial charge in [0.1, 0.15) is 5.69 Å². The van der Waals surface area contributed by atoms with Crippen LogP contribution in [0.25, 0.3) is 0 Å². The Morgan fingerprint density at radius 3 is 2.52 bits per heavy atom. The first-order valence-electron chi connectivity index (χ1n) is 8.86. The first-order valence-corrected chi connectivity index (χ1v) is 8.86. The molecule has 1 saturated heterocycles. The van der Waals surface area contributed by atoms with Crippen molar-refractivity contribution in [1.82, 2.24) is 20.2 Å². The second kappa shape index (κ2) is 8.37. The highest BCUT2D eigenvalue weighted by atomic mass is 19.4. The third-order valence-electron chi connectivity index (χ3n) is 4.68. The van der Waals surface area contributed by atoms with E-state index >= 15 is 0 Å². The van der Waals surface area contributed by atoms with Crippen LogP contribution in [0.1, 0.15) is 29.8 Å². The van der Waals surface area contributed by atoms with Crippen LogP contribution in [0.3, 0.4) is 0 Å². The quantitative estimate of drug-likeness (QED) is 0.883. The van der Waals surface area contributed by atoms with Crippen molar-refractivity contribution in [1.29, 1.82) is 0 Å². The Hall–Kier alpha value is -2.64. The molecule has 1 aliphatic heterocycles. The van der Waals surface area contributed by atoms with Gasteiger partial charge in [-0.1, -0.05) is 12.1 Å². The van der Waals surface area contributed by atoms with Crippen molar-refractivity contribution < 1.29 is 18.0 Å². The number of amides is 2. The summed E-state index contributed by atoms with van der Waals surface area (Å²) in [6.45, 7) is 1.47. The molecule has 1 aliphatic rings. The maximum atomic E-state index is 12.5. The van der Waals surface area contributed by atoms with Crippen LogP contribution in [0.15, 0.2) is 42.7 Å². The van der Waals surface area contributed by atoms with Gasteiger partial charge in [0.15, 0.2) is 0 Å². The van der Waals surface area contributed by atoms with E-state index in [1.54, 1.807) is 11.1 Å². The Bertz CT molecular complexity index is 742. The van der Waals surface area contributed by atoms with Crippen LogP contribution in [0.5, 0.6) is 0 Å². The lowest BCUT2D eigenvalue weighted by Crippen LogP contribution is -2.44. The van der Waals surface area contributed by atoms with Crippen molar-refractivity contribution in [2.75, 3.05) is 13.1 Å². The molecular weight excluding hydrogens is 357 g/mol. The second-order valence-corrected chi connectivity index (χ2v) is 6.66. The number of urea groups is 1. The van der Waals surface area contributed by atoms with E-state index in [4.69, 9.17) is 0 Å². The third kappa shape index (κ3) is 5.42. The lowest BCUT2D eigenvalue weighted by molar-refractivity contribution is -0.141. The van der Waals surface area contributed by atoms with Gasteiger partial charge in [0.25, 0.3) is 0 Å². The normalized spacial score (nSPS) is 15.6. The number of nitrogens with zero attached hydrogens (tertiary/aromatic N) is 3. The highest BCUT2D eigenvalue weighted by molar-refractivity contribution is 5.74. The Labute approximate surface area is 155 Å². The van der Waals surface area contributed by atoms with Gasteiger partial charge < -0.3 is 10.2 Å². The zero-order valence-corrected chi connectivity index (χ0v) is 14.7. The molecule has 0 bridgehead atoms. The number of aromatic nitrogens is 2. The number of hydrogen-bond acceptors (Lipinski definition) is 3. The van der Waals surface area contributed by atoms with Crippen molar-refractivity contribution in [2.24, 2.45) is 5.92 Å². The Morgan fingerprint density at radius 2 is 1.93 bits per heavy atom. The average Bonchev–Trinajstić information content (AvgIpc) is 2.67. The molecule has 0 saturated carbocycles. The molecule has 0 aliphatic carbocycles. The SMILES string of the molecule is O=C(NCc1ccc(C(F)(F)F)nc1)N1CCC(Cc2ccccn2)CC1. The Balaban J connectivity index is 1.43. The van der Waals surface area contributed by atoms with Crippen LogP contribution >= 0.6 is 0 Å². The Morgan fingerprint density at radius 1 is 1.15 bits per heavy atom. The monoisotopic (exact) mass is 378 g/mol. The van der Waals surface area contributed by atoms with Gasteiger partial charge in [-0.25, -0.2) is 4.79 Å². The number of nitrogens with one attached hydrogen (secondary N) is 1. The van der Waals surface area contributed by atoms with Gasteiger partial charge in [0.2, 0.25) is 0 Å². The minimum absolute atomic E-state index is 0.151. The summed E-state index contributed by atoms with van der Waals surface area (Å²) in [5.74, 6) is 0.503. The van der Waals surface area contributed by atoms with Gasteiger partial charge in [0, 0.05) is 37.7 Å². The lowest BCUT2D eigenvalue weighted by atomic mass is 9.92. The van der Waals surface area contributed by atoms with Gasteiger partial charge in [0.05, 0.1) is 0 Å². The molecule has 5 nitrogen and oxygen atoms in total. The van der Waals surface area contributed by atoms with E-state index < -0.39 is 11.9 Å². The number of carbonyl (C=O) groups excluding carboxylic acids is 1. The number of halogens is 3. The maximum absolute atomic E-state index is 12.5. The number of piperidine rings is 1. The Kier molecular flexibility index (Phi) is 5.93. The number of rotatable bonds is 4. The molecule has 0 radical (unpaired) electrons. The highest BCUT2D eigenvalue weighted by Crippen LogP contribution is 2.27. The first-order chi connectivity index (χ1) is 12.9. The molecule has 0 spiro atoms. The molecule has 27 heavy (non-hydrogen) atoms. The molecule has 3 heterocycles. The first kappa shape index (κ1) is 19.1. The molecule has 2 amide bonds. The van der Waals surface area contributed by atoms with E-state index in [2.05, 4.69) is 15.3 Å². The predicted molar refractivity (Wildman–Crippen MR) is 93.7 cm³/mol. The molecule has 0 atom stereocenters. The van der Waals surface area contributed by atoms with E-state index in [1.807, 2.05) is 18.2 Å². The van der Waals surface area contributed by atoms with Crippen molar-refractivity contribution >= 4 is 6.03 Å². The molecule has 0 unspecified atom stereocenters. The summed E-state index contributed by atoms with van der Waals surface area (Å²) in [4.78, 5) is 21.7. The van der Waals surface area contributed by atoms with E-state index in [1.165, 1.54) is 6.07 Å². The van der Waals surface area contributed by atoms with Crippen LogP contribution in [0, 0.1) is 5.92 Å². The largest absolute Gasteiger partial charge is 0.433 e. The number of pyridine rings is 2. The van der Waals surface area contributed by atoms with Crippen molar-refractivity contribution in [2.45, 2.75) is 32.0 Å². The van der Waals surface area contributed by atoms with Gasteiger partial charge in [-0.05, 0) is 48.9 Å². The molecule has 8 heteroatoms. The van der Waals surface area contributed by atoms with E-state index in [-0.39, 0.29) is 12.6 Å². The molecule has 2 aromatic rings. The zero-order chi connectivity index (χ0) is 19.3. The molecule has 144 valence electrons. The topological polar surface area (TPSA) is 58.1 Å². The molecular formula is C19H21F3N4O. The summed E-state index contributed by atoms with van der Waals surface area (Å²) >= 11 is 0. The van der Waals surface area contributed by atoms with Crippen LogP contribution < -0.4 is 5.32 Å². The van der Waals surface area contributed by atoms with Crippen LogP contribution in [0.2, 0.25) is 0 Å². The number of alkyl halides is 3. The fraction of sp³-hybridized carbons (Fsp3) is 0.421. The summed E-state index contributed by atoms with van der Waals surface area (Å²) in [6.07, 6.45) is 1.20. The highest BCUT2D eigenvalue weighted by Gasteiger charge is 2.32. The van der Waals surface area contributed by atoms with Crippen LogP contribution in [-0.2, 0) is 19.1 Å². The van der Waals surface area contributed by atoms with Gasteiger partial charge in [-0.3, -0.25) is 9.97 Å². The van der Waals surface area contributed by atoms with Gasteiger partial charge in [-0.15, -0.1) is 0 Å². The predicted octanol–water partition coefficient (Wildman–Crippen LogP) is 3.66. The maximum Gasteiger partial charge on any atom is 0.433 e. The van der Waals surface area contributed by atoms with Crippen LogP contribution in [-0.4, -0.2) is 34.0 Å². The number of likely N-dealkylation sites (tertiary alicyclic amines) is 1. The zero-order valence-electron chi connectivity index (χ0n) is 14.7. The molecule has 1 fully saturated rings. The van der Waals surface area contributed by atoms with Gasteiger partial charge >= 0.3 is 12.2 Å². The smallest absolute Gasteiger partial charge is 0.334 e. The standard InChI is InChI=1S/C19H21F3N4O/c20-19(21,22)17-5-4-15(12-24-17)13-25-18(27)26-9-6-14(7-10-26)11-16-3-1-2-8-23-16/h1-5,8,12,14H,6-7,9-11,13H2,(H,25,27). The molecule has 0 aromatic carbocycles. The summed E-state index contributed by atoms with van der Waals surface area (Å²) in [6, 6.07) is 7.92. The van der Waals surface area contributed by atoms with Crippen molar-refractivity contribution in [3.63, 3.8) is 0 Å². The summed E-state index contributed by atoms with van der Waals surface area (Å²) in [7, 11) is 0.